The Morgan fingerprint density at radius 3 is 2.72 bits per heavy atom. The molecular weight excluding hydrogens is 230 g/mol. The first-order valence-corrected chi connectivity index (χ1v) is 5.95. The Kier molecular flexibility index (Phi) is 3.07. The second kappa shape index (κ2) is 4.40. The number of pyridine rings is 1. The molecule has 0 aliphatic carbocycles. The number of nitrogens with one attached hydrogen (secondary N) is 1. The molecule has 1 aliphatic rings. The van der Waals surface area contributed by atoms with Crippen LogP contribution in [0, 0.1) is 0 Å². The molecule has 2 heterocycles. The Bertz CT molecular complexity index is 470. The Hall–Kier alpha value is -1.91. The fraction of sp³-hybridized carbons (Fsp3) is 0.462. The summed E-state index contributed by atoms with van der Waals surface area (Å²) >= 11 is 0. The molecular formula is C13H17N3O2. The number of hydrogen-bond donors (Lipinski definition) is 1. The molecule has 1 saturated heterocycles. The van der Waals surface area contributed by atoms with E-state index < -0.39 is 11.6 Å². The van der Waals surface area contributed by atoms with Gasteiger partial charge in [-0.1, -0.05) is 6.07 Å². The number of aromatic nitrogens is 1. The van der Waals surface area contributed by atoms with Crippen LogP contribution in [0.15, 0.2) is 24.4 Å². The normalized spacial score (nSPS) is 22.8. The van der Waals surface area contributed by atoms with Gasteiger partial charge in [-0.15, -0.1) is 0 Å². The highest BCUT2D eigenvalue weighted by Gasteiger charge is 2.43. The average Bonchev–Trinajstić information content (AvgIpc) is 2.33. The molecule has 5 heteroatoms. The van der Waals surface area contributed by atoms with Crippen LogP contribution in [-0.4, -0.2) is 33.3 Å². The molecule has 0 radical (unpaired) electrons. The van der Waals surface area contributed by atoms with Crippen molar-refractivity contribution in [3.05, 3.63) is 30.1 Å². The zero-order valence-corrected chi connectivity index (χ0v) is 10.8. The Labute approximate surface area is 106 Å². The van der Waals surface area contributed by atoms with E-state index in [1.807, 2.05) is 18.2 Å². The van der Waals surface area contributed by atoms with Crippen LogP contribution in [0.25, 0.3) is 0 Å². The van der Waals surface area contributed by atoms with Crippen molar-refractivity contribution in [1.29, 1.82) is 0 Å². The van der Waals surface area contributed by atoms with Gasteiger partial charge < -0.3 is 10.2 Å². The van der Waals surface area contributed by atoms with E-state index in [9.17, 15) is 9.59 Å². The lowest BCUT2D eigenvalue weighted by molar-refractivity contribution is -0.153. The number of amides is 2. The van der Waals surface area contributed by atoms with Gasteiger partial charge in [0.15, 0.2) is 0 Å². The average molecular weight is 247 g/mol. The second-order valence-corrected chi connectivity index (χ2v) is 5.04. The summed E-state index contributed by atoms with van der Waals surface area (Å²) in [6.45, 7) is 5.51. The first-order valence-electron chi connectivity index (χ1n) is 5.95. The van der Waals surface area contributed by atoms with Crippen LogP contribution in [0.4, 0.5) is 0 Å². The summed E-state index contributed by atoms with van der Waals surface area (Å²) < 4.78 is 0. The number of carbonyl (C=O) groups is 2. The first kappa shape index (κ1) is 12.5. The Morgan fingerprint density at radius 1 is 1.39 bits per heavy atom. The molecule has 18 heavy (non-hydrogen) atoms. The summed E-state index contributed by atoms with van der Waals surface area (Å²) in [5.41, 5.74) is -0.0681. The third-order valence-corrected chi connectivity index (χ3v) is 3.14. The molecule has 0 bridgehead atoms. The van der Waals surface area contributed by atoms with E-state index >= 15 is 0 Å². The smallest absolute Gasteiger partial charge is 0.248 e. The largest absolute Gasteiger partial charge is 0.340 e. The number of piperazine rings is 1. The zero-order chi connectivity index (χ0) is 13.3. The summed E-state index contributed by atoms with van der Waals surface area (Å²) in [6, 6.07) is 5.07. The molecule has 0 spiro atoms. The van der Waals surface area contributed by atoms with Gasteiger partial charge in [0.25, 0.3) is 0 Å². The third kappa shape index (κ3) is 2.20. The Balaban J connectivity index is 2.24. The minimum absolute atomic E-state index is 0.0831. The predicted molar refractivity (Wildman–Crippen MR) is 66.5 cm³/mol. The minimum atomic E-state index is -0.849. The number of hydrogen-bond acceptors (Lipinski definition) is 3. The fourth-order valence-electron chi connectivity index (χ4n) is 2.02. The summed E-state index contributed by atoms with van der Waals surface area (Å²) in [4.78, 5) is 29.9. The monoisotopic (exact) mass is 247 g/mol. The van der Waals surface area contributed by atoms with Crippen LogP contribution in [0.2, 0.25) is 0 Å². The third-order valence-electron chi connectivity index (χ3n) is 3.14. The summed E-state index contributed by atoms with van der Waals surface area (Å²) in [5, 5.41) is 2.72. The zero-order valence-electron chi connectivity index (χ0n) is 10.8. The van der Waals surface area contributed by atoms with E-state index in [0.717, 1.165) is 5.69 Å². The molecule has 2 amide bonds. The molecule has 1 unspecified atom stereocenters. The Morgan fingerprint density at radius 2 is 2.11 bits per heavy atom. The van der Waals surface area contributed by atoms with Crippen molar-refractivity contribution >= 4 is 11.8 Å². The van der Waals surface area contributed by atoms with E-state index in [0.29, 0.717) is 6.54 Å². The second-order valence-electron chi connectivity index (χ2n) is 5.04. The highest BCUT2D eigenvalue weighted by molar-refractivity contribution is 5.99. The van der Waals surface area contributed by atoms with Crippen molar-refractivity contribution in [2.75, 3.05) is 0 Å². The van der Waals surface area contributed by atoms with Gasteiger partial charge in [-0.05, 0) is 32.9 Å². The van der Waals surface area contributed by atoms with Gasteiger partial charge in [-0.2, -0.15) is 0 Å². The number of rotatable bonds is 2. The molecule has 96 valence electrons. The maximum Gasteiger partial charge on any atom is 0.248 e. The van der Waals surface area contributed by atoms with Gasteiger partial charge in [-0.3, -0.25) is 14.6 Å². The topological polar surface area (TPSA) is 62.3 Å². The molecule has 1 fully saturated rings. The van der Waals surface area contributed by atoms with Gasteiger partial charge in [0.1, 0.15) is 11.6 Å². The molecule has 1 N–H and O–H groups in total. The van der Waals surface area contributed by atoms with Crippen LogP contribution in [0.1, 0.15) is 26.5 Å². The van der Waals surface area contributed by atoms with E-state index in [4.69, 9.17) is 0 Å². The van der Waals surface area contributed by atoms with Gasteiger partial charge >= 0.3 is 0 Å². The van der Waals surface area contributed by atoms with Crippen molar-refractivity contribution in [2.24, 2.45) is 0 Å². The predicted octanol–water partition coefficient (Wildman–Crippen LogP) is 0.707. The standard InChI is InChI=1S/C13H17N3O2/c1-9-11(17)15-13(2,3)12(18)16(9)8-10-6-4-5-7-14-10/h4-7,9H,8H2,1-3H3,(H,15,17). The van der Waals surface area contributed by atoms with Gasteiger partial charge in [0.2, 0.25) is 11.8 Å². The van der Waals surface area contributed by atoms with Crippen molar-refractivity contribution in [1.82, 2.24) is 15.2 Å². The van der Waals surface area contributed by atoms with Crippen molar-refractivity contribution in [2.45, 2.75) is 38.9 Å². The summed E-state index contributed by atoms with van der Waals surface area (Å²) in [5.74, 6) is -0.212. The SMILES string of the molecule is CC1C(=O)NC(C)(C)C(=O)N1Cc1ccccn1. The number of carbonyl (C=O) groups excluding carboxylic acids is 2. The van der Waals surface area contributed by atoms with E-state index in [2.05, 4.69) is 10.3 Å². The van der Waals surface area contributed by atoms with Gasteiger partial charge in [0.05, 0.1) is 12.2 Å². The lowest BCUT2D eigenvalue weighted by atomic mass is 9.97. The van der Waals surface area contributed by atoms with Crippen LogP contribution < -0.4 is 5.32 Å². The number of nitrogens with zero attached hydrogens (tertiary/aromatic N) is 2. The van der Waals surface area contributed by atoms with E-state index in [-0.39, 0.29) is 11.8 Å². The lowest BCUT2D eigenvalue weighted by Crippen LogP contribution is -2.67. The molecule has 0 saturated carbocycles. The lowest BCUT2D eigenvalue weighted by Gasteiger charge is -2.41. The van der Waals surface area contributed by atoms with Gasteiger partial charge in [-0.25, -0.2) is 0 Å². The molecule has 1 aromatic rings. The van der Waals surface area contributed by atoms with Crippen molar-refractivity contribution in [3.8, 4) is 0 Å². The fourth-order valence-corrected chi connectivity index (χ4v) is 2.02. The summed E-state index contributed by atoms with van der Waals surface area (Å²) in [7, 11) is 0. The van der Waals surface area contributed by atoms with E-state index in [1.165, 1.54) is 0 Å². The molecule has 0 aromatic carbocycles. The van der Waals surface area contributed by atoms with Crippen LogP contribution >= 0.6 is 0 Å². The highest BCUT2D eigenvalue weighted by Crippen LogP contribution is 2.19. The summed E-state index contributed by atoms with van der Waals surface area (Å²) in [6.07, 6.45) is 1.68. The van der Waals surface area contributed by atoms with Crippen molar-refractivity contribution < 1.29 is 9.59 Å². The van der Waals surface area contributed by atoms with Crippen LogP contribution in [0.5, 0.6) is 0 Å². The van der Waals surface area contributed by atoms with Gasteiger partial charge in [0, 0.05) is 6.20 Å². The van der Waals surface area contributed by atoms with Crippen LogP contribution in [0.3, 0.4) is 0 Å². The molecule has 2 rings (SSSR count). The van der Waals surface area contributed by atoms with Crippen LogP contribution in [-0.2, 0) is 16.1 Å². The molecule has 1 aliphatic heterocycles. The van der Waals surface area contributed by atoms with Crippen molar-refractivity contribution in [3.63, 3.8) is 0 Å². The molecule has 1 atom stereocenters. The molecule has 5 nitrogen and oxygen atoms in total. The first-order chi connectivity index (χ1) is 8.42. The minimum Gasteiger partial charge on any atom is -0.340 e. The molecule has 1 aromatic heterocycles. The quantitative estimate of drug-likeness (QED) is 0.837. The maximum absolute atomic E-state index is 12.3. The van der Waals surface area contributed by atoms with E-state index in [1.54, 1.807) is 31.9 Å². The highest BCUT2D eigenvalue weighted by atomic mass is 16.2. The maximum atomic E-state index is 12.3.